The maximum absolute atomic E-state index is 11.8. The highest BCUT2D eigenvalue weighted by molar-refractivity contribution is 8.00. The Morgan fingerprint density at radius 2 is 2.10 bits per heavy atom. The first kappa shape index (κ1) is 16.4. The van der Waals surface area contributed by atoms with Crippen LogP contribution in [-0.4, -0.2) is 29.4 Å². The van der Waals surface area contributed by atoms with E-state index in [1.807, 2.05) is 0 Å². The molecule has 0 heterocycles. The van der Waals surface area contributed by atoms with Gasteiger partial charge in [-0.1, -0.05) is 19.9 Å². The van der Waals surface area contributed by atoms with Crippen molar-refractivity contribution in [1.29, 1.82) is 0 Å². The number of benzene rings is 1. The summed E-state index contributed by atoms with van der Waals surface area (Å²) in [5, 5.41) is 12.5. The normalized spacial score (nSPS) is 15.0. The van der Waals surface area contributed by atoms with Crippen LogP contribution < -0.4 is 5.32 Å². The Balaban J connectivity index is 1.71. The lowest BCUT2D eigenvalue weighted by molar-refractivity contribution is -0.119. The maximum Gasteiger partial charge on any atom is 0.230 e. The second kappa shape index (κ2) is 7.85. The van der Waals surface area contributed by atoms with Gasteiger partial charge in [-0.2, -0.15) is 0 Å². The molecule has 0 aromatic heterocycles. The molecule has 21 heavy (non-hydrogen) atoms. The minimum absolute atomic E-state index is 0.0108. The molecule has 0 spiro atoms. The van der Waals surface area contributed by atoms with Gasteiger partial charge >= 0.3 is 0 Å². The number of amides is 1. The lowest BCUT2D eigenvalue weighted by Crippen LogP contribution is -2.33. The fourth-order valence-electron chi connectivity index (χ4n) is 2.70. The largest absolute Gasteiger partial charge is 0.391 e. The van der Waals surface area contributed by atoms with Crippen LogP contribution in [0.2, 0.25) is 0 Å². The Bertz CT molecular complexity index is 488. The van der Waals surface area contributed by atoms with Crippen molar-refractivity contribution >= 4 is 17.7 Å². The number of nitrogens with one attached hydrogen (secondary N) is 1. The fourth-order valence-corrected chi connectivity index (χ4v) is 3.49. The number of carbonyl (C=O) groups excluding carboxylic acids is 1. The van der Waals surface area contributed by atoms with Gasteiger partial charge in [0.25, 0.3) is 0 Å². The lowest BCUT2D eigenvalue weighted by Gasteiger charge is -2.13. The van der Waals surface area contributed by atoms with Crippen molar-refractivity contribution < 1.29 is 9.90 Å². The number of carbonyl (C=O) groups is 1. The van der Waals surface area contributed by atoms with E-state index in [2.05, 4.69) is 37.4 Å². The van der Waals surface area contributed by atoms with Gasteiger partial charge < -0.3 is 10.4 Å². The molecule has 4 heteroatoms. The average Bonchev–Trinajstić information content (AvgIpc) is 2.89. The quantitative estimate of drug-likeness (QED) is 0.762. The van der Waals surface area contributed by atoms with Crippen LogP contribution >= 0.6 is 11.8 Å². The third kappa shape index (κ3) is 5.36. The van der Waals surface area contributed by atoms with E-state index >= 15 is 0 Å². The molecule has 1 unspecified atom stereocenters. The summed E-state index contributed by atoms with van der Waals surface area (Å²) in [7, 11) is 0. The third-order valence-electron chi connectivity index (χ3n) is 3.72. The molecule has 1 aromatic carbocycles. The Kier molecular flexibility index (Phi) is 6.12. The van der Waals surface area contributed by atoms with Crippen molar-refractivity contribution in [3.8, 4) is 0 Å². The average molecular weight is 307 g/mol. The Morgan fingerprint density at radius 3 is 2.86 bits per heavy atom. The molecule has 2 rings (SSSR count). The standard InChI is InChI=1S/C17H25NO2S/c1-12(2)8-15(19)10-18-17(20)11-21-16-7-6-13-4-3-5-14(13)9-16/h6-7,9,12,15,19H,3-5,8,10-11H2,1-2H3,(H,18,20). The number of thioether (sulfide) groups is 1. The number of aryl methyl sites for hydroxylation is 2. The van der Waals surface area contributed by atoms with Crippen LogP contribution in [0.25, 0.3) is 0 Å². The van der Waals surface area contributed by atoms with Crippen LogP contribution in [0.5, 0.6) is 0 Å². The van der Waals surface area contributed by atoms with Gasteiger partial charge in [0.2, 0.25) is 5.91 Å². The molecule has 1 amide bonds. The number of hydrogen-bond acceptors (Lipinski definition) is 3. The van der Waals surface area contributed by atoms with Crippen molar-refractivity contribution in [3.05, 3.63) is 29.3 Å². The number of aliphatic hydroxyl groups is 1. The molecular formula is C17H25NO2S. The number of aliphatic hydroxyl groups excluding tert-OH is 1. The summed E-state index contributed by atoms with van der Waals surface area (Å²) in [5.41, 5.74) is 2.90. The molecule has 0 bridgehead atoms. The summed E-state index contributed by atoms with van der Waals surface area (Å²) in [5.74, 6) is 0.841. The van der Waals surface area contributed by atoms with E-state index in [9.17, 15) is 9.90 Å². The first-order valence-corrected chi connectivity index (χ1v) is 8.72. The van der Waals surface area contributed by atoms with Gasteiger partial charge in [0.1, 0.15) is 0 Å². The lowest BCUT2D eigenvalue weighted by atomic mass is 10.1. The molecule has 0 radical (unpaired) electrons. The van der Waals surface area contributed by atoms with Crippen molar-refractivity contribution in [1.82, 2.24) is 5.32 Å². The topological polar surface area (TPSA) is 49.3 Å². The van der Waals surface area contributed by atoms with E-state index in [1.54, 1.807) is 11.8 Å². The Hall–Kier alpha value is -1.00. The van der Waals surface area contributed by atoms with E-state index < -0.39 is 6.10 Å². The van der Waals surface area contributed by atoms with E-state index in [0.29, 0.717) is 18.2 Å². The number of hydrogen-bond donors (Lipinski definition) is 2. The van der Waals surface area contributed by atoms with E-state index in [1.165, 1.54) is 24.0 Å². The van der Waals surface area contributed by atoms with Gasteiger partial charge in [-0.25, -0.2) is 0 Å². The molecule has 2 N–H and O–H groups in total. The molecule has 0 saturated carbocycles. The molecule has 0 fully saturated rings. The van der Waals surface area contributed by atoms with Gasteiger partial charge in [0, 0.05) is 11.4 Å². The predicted molar refractivity (Wildman–Crippen MR) is 87.7 cm³/mol. The molecule has 1 aliphatic carbocycles. The minimum Gasteiger partial charge on any atom is -0.391 e. The maximum atomic E-state index is 11.8. The van der Waals surface area contributed by atoms with Crippen LogP contribution in [0.1, 0.15) is 37.8 Å². The highest BCUT2D eigenvalue weighted by Crippen LogP contribution is 2.27. The second-order valence-corrected chi connectivity index (χ2v) is 7.21. The van der Waals surface area contributed by atoms with Crippen LogP contribution in [0.4, 0.5) is 0 Å². The summed E-state index contributed by atoms with van der Waals surface area (Å²) in [6.07, 6.45) is 3.88. The SMILES string of the molecule is CC(C)CC(O)CNC(=O)CSc1ccc2c(c1)CCC2. The zero-order valence-electron chi connectivity index (χ0n) is 12.9. The third-order valence-corrected chi connectivity index (χ3v) is 4.71. The molecule has 0 saturated heterocycles. The molecule has 3 nitrogen and oxygen atoms in total. The molecule has 1 aliphatic rings. The highest BCUT2D eigenvalue weighted by Gasteiger charge is 2.12. The van der Waals surface area contributed by atoms with Crippen LogP contribution in [0.15, 0.2) is 23.1 Å². The summed E-state index contributed by atoms with van der Waals surface area (Å²) >= 11 is 1.57. The van der Waals surface area contributed by atoms with Crippen LogP contribution in [0.3, 0.4) is 0 Å². The number of fused-ring (bicyclic) bond motifs is 1. The summed E-state index contributed by atoms with van der Waals surface area (Å²) in [4.78, 5) is 13.0. The van der Waals surface area contributed by atoms with Crippen molar-refractivity contribution in [2.24, 2.45) is 5.92 Å². The van der Waals surface area contributed by atoms with E-state index in [-0.39, 0.29) is 5.91 Å². The Morgan fingerprint density at radius 1 is 1.33 bits per heavy atom. The monoisotopic (exact) mass is 307 g/mol. The van der Waals surface area contributed by atoms with Crippen LogP contribution in [0, 0.1) is 5.92 Å². The zero-order chi connectivity index (χ0) is 15.2. The summed E-state index contributed by atoms with van der Waals surface area (Å²) < 4.78 is 0. The highest BCUT2D eigenvalue weighted by atomic mass is 32.2. The minimum atomic E-state index is -0.445. The van der Waals surface area contributed by atoms with Crippen LogP contribution in [-0.2, 0) is 17.6 Å². The molecular weight excluding hydrogens is 282 g/mol. The molecule has 116 valence electrons. The first-order valence-electron chi connectivity index (χ1n) is 7.74. The van der Waals surface area contributed by atoms with Crippen molar-refractivity contribution in [2.45, 2.75) is 50.5 Å². The van der Waals surface area contributed by atoms with Gasteiger partial charge in [-0.3, -0.25) is 4.79 Å². The number of rotatable bonds is 7. The Labute approximate surface area is 131 Å². The van der Waals surface area contributed by atoms with Gasteiger partial charge in [-0.05, 0) is 54.9 Å². The van der Waals surface area contributed by atoms with Gasteiger partial charge in [0.15, 0.2) is 0 Å². The van der Waals surface area contributed by atoms with E-state index in [4.69, 9.17) is 0 Å². The zero-order valence-corrected chi connectivity index (χ0v) is 13.7. The first-order chi connectivity index (χ1) is 10.0. The molecule has 0 aliphatic heterocycles. The second-order valence-electron chi connectivity index (χ2n) is 6.16. The molecule has 1 atom stereocenters. The summed E-state index contributed by atoms with van der Waals surface area (Å²) in [6, 6.07) is 6.51. The van der Waals surface area contributed by atoms with Crippen molar-refractivity contribution in [3.63, 3.8) is 0 Å². The van der Waals surface area contributed by atoms with Gasteiger partial charge in [0.05, 0.1) is 11.9 Å². The van der Waals surface area contributed by atoms with E-state index in [0.717, 1.165) is 17.7 Å². The summed E-state index contributed by atoms with van der Waals surface area (Å²) in [6.45, 7) is 4.48. The predicted octanol–water partition coefficient (Wildman–Crippen LogP) is 2.79. The van der Waals surface area contributed by atoms with Crippen molar-refractivity contribution in [2.75, 3.05) is 12.3 Å². The fraction of sp³-hybridized carbons (Fsp3) is 0.588. The van der Waals surface area contributed by atoms with Gasteiger partial charge in [-0.15, -0.1) is 11.8 Å². The molecule has 1 aromatic rings. The smallest absolute Gasteiger partial charge is 0.230 e.